The predicted molar refractivity (Wildman–Crippen MR) is 116 cm³/mol. The van der Waals surface area contributed by atoms with Crippen LogP contribution in [0.4, 0.5) is 0 Å². The Morgan fingerprint density at radius 1 is 0.886 bits per heavy atom. The maximum absolute atomic E-state index is 11.0. The average Bonchev–Trinajstić information content (AvgIpc) is 2.85. The Balaban J connectivity index is 1.80. The molecule has 0 aliphatic carbocycles. The van der Waals surface area contributed by atoms with Crippen LogP contribution in [0.15, 0.2) is 12.7 Å². The molecule has 2 saturated heterocycles. The van der Waals surface area contributed by atoms with Crippen LogP contribution >= 0.6 is 0 Å². The summed E-state index contributed by atoms with van der Waals surface area (Å²) >= 11 is 0. The number of carbonyl (C=O) groups excluding carboxylic acids is 1. The predicted octanol–water partition coefficient (Wildman–Crippen LogP) is -4.01. The van der Waals surface area contributed by atoms with Gasteiger partial charge in [-0.3, -0.25) is 4.79 Å². The molecule has 35 heavy (non-hydrogen) atoms. The van der Waals surface area contributed by atoms with Crippen molar-refractivity contribution < 1.29 is 63.9 Å². The monoisotopic (exact) mass is 511 g/mol. The molecule has 0 radical (unpaired) electrons. The average molecular weight is 512 g/mol. The zero-order chi connectivity index (χ0) is 26.0. The fourth-order valence-corrected chi connectivity index (χ4v) is 3.48. The van der Waals surface area contributed by atoms with Gasteiger partial charge < -0.3 is 64.4 Å². The fourth-order valence-electron chi connectivity index (χ4n) is 3.48. The minimum Gasteiger partial charge on any atom is -0.394 e. The zero-order valence-electron chi connectivity index (χ0n) is 19.5. The Labute approximate surface area is 202 Å². The number of hydrogen-bond donors (Lipinski definition) is 7. The van der Waals surface area contributed by atoms with Crippen LogP contribution < -0.4 is 5.32 Å². The van der Waals surface area contributed by atoms with Crippen molar-refractivity contribution in [3.8, 4) is 0 Å². The normalized spacial score (nSPS) is 37.7. The second-order valence-corrected chi connectivity index (χ2v) is 8.08. The van der Waals surface area contributed by atoms with Crippen molar-refractivity contribution in [2.75, 3.05) is 46.2 Å². The molecule has 0 aromatic carbocycles. The first-order valence-electron chi connectivity index (χ1n) is 11.4. The molecular weight excluding hydrogens is 474 g/mol. The lowest BCUT2D eigenvalue weighted by atomic mass is 9.97. The van der Waals surface area contributed by atoms with Crippen LogP contribution in [0.25, 0.3) is 0 Å². The third kappa shape index (κ3) is 8.66. The van der Waals surface area contributed by atoms with Gasteiger partial charge in [0, 0.05) is 6.54 Å². The fraction of sp³-hybridized carbons (Fsp3) is 0.857. The SMILES string of the molecule is C=CC(=O)NCCOCCOCCO[C@@H]1O[C@H](CO)[C@H](O)[C@H](O)[C@H]1O[C@@H]1O[C@@H](C)[C@@H](O)[C@@H](O)[C@@H]1O. The molecular formula is C21H37NO13. The molecule has 0 aromatic heterocycles. The van der Waals surface area contributed by atoms with Crippen LogP contribution in [0.3, 0.4) is 0 Å². The largest absolute Gasteiger partial charge is 0.394 e. The molecule has 2 rings (SSSR count). The summed E-state index contributed by atoms with van der Waals surface area (Å²) in [5, 5.41) is 62.8. The number of carbonyl (C=O) groups is 1. The number of rotatable bonds is 14. The summed E-state index contributed by atoms with van der Waals surface area (Å²) in [4.78, 5) is 11.0. The van der Waals surface area contributed by atoms with Crippen molar-refractivity contribution in [2.24, 2.45) is 0 Å². The van der Waals surface area contributed by atoms with Crippen LogP contribution in [-0.4, -0.2) is 144 Å². The third-order valence-corrected chi connectivity index (χ3v) is 5.54. The topological polar surface area (TPSA) is 206 Å². The van der Waals surface area contributed by atoms with Crippen LogP contribution in [0.1, 0.15) is 6.92 Å². The summed E-state index contributed by atoms with van der Waals surface area (Å²) in [5.41, 5.74) is 0. The first-order valence-corrected chi connectivity index (χ1v) is 11.4. The second kappa shape index (κ2) is 15.1. The minimum absolute atomic E-state index is 0.0211. The lowest BCUT2D eigenvalue weighted by Crippen LogP contribution is -2.64. The number of amides is 1. The highest BCUT2D eigenvalue weighted by molar-refractivity contribution is 5.86. The highest BCUT2D eigenvalue weighted by Gasteiger charge is 2.50. The van der Waals surface area contributed by atoms with E-state index in [0.29, 0.717) is 13.2 Å². The summed E-state index contributed by atoms with van der Waals surface area (Å²) in [6.45, 7) is 5.44. The highest BCUT2D eigenvalue weighted by Crippen LogP contribution is 2.29. The smallest absolute Gasteiger partial charge is 0.243 e. The lowest BCUT2D eigenvalue weighted by molar-refractivity contribution is -0.365. The van der Waals surface area contributed by atoms with Gasteiger partial charge in [-0.15, -0.1) is 0 Å². The van der Waals surface area contributed by atoms with Crippen LogP contribution in [0, 0.1) is 0 Å². The molecule has 2 aliphatic rings. The molecule has 1 amide bonds. The van der Waals surface area contributed by atoms with Crippen LogP contribution in [-0.2, 0) is 33.2 Å². The van der Waals surface area contributed by atoms with Crippen LogP contribution in [0.5, 0.6) is 0 Å². The van der Waals surface area contributed by atoms with Gasteiger partial charge in [0.25, 0.3) is 0 Å². The maximum atomic E-state index is 11.0. The molecule has 0 bridgehead atoms. The summed E-state index contributed by atoms with van der Waals surface area (Å²) < 4.78 is 32.7. The van der Waals surface area contributed by atoms with E-state index in [-0.39, 0.29) is 32.3 Å². The van der Waals surface area contributed by atoms with Crippen molar-refractivity contribution in [3.63, 3.8) is 0 Å². The molecule has 0 spiro atoms. The second-order valence-electron chi connectivity index (χ2n) is 8.08. The Kier molecular flexibility index (Phi) is 12.9. The molecule has 204 valence electrons. The Morgan fingerprint density at radius 3 is 2.20 bits per heavy atom. The van der Waals surface area contributed by atoms with Gasteiger partial charge in [-0.2, -0.15) is 0 Å². The molecule has 2 heterocycles. The van der Waals surface area contributed by atoms with Crippen molar-refractivity contribution in [3.05, 3.63) is 12.7 Å². The summed E-state index contributed by atoms with van der Waals surface area (Å²) in [5.74, 6) is -0.289. The third-order valence-electron chi connectivity index (χ3n) is 5.54. The van der Waals surface area contributed by atoms with Gasteiger partial charge in [0.1, 0.15) is 42.7 Å². The minimum atomic E-state index is -1.64. The molecule has 2 fully saturated rings. The number of aliphatic hydroxyl groups excluding tert-OH is 6. The summed E-state index contributed by atoms with van der Waals surface area (Å²) in [7, 11) is 0. The maximum Gasteiger partial charge on any atom is 0.243 e. The standard InChI is InChI=1S/C21H37NO13/c1-3-13(24)22-4-5-30-6-7-31-8-9-32-21-19(17(28)15(26)12(10-23)34-21)35-20-18(29)16(27)14(25)11(2)33-20/h3,11-12,14-21,23,25-29H,1,4-10H2,2H3,(H,22,24)/t11-,12+,14+,15-,16+,17-,18-,19+,20-,21+/m0/s1. The van der Waals surface area contributed by atoms with E-state index in [2.05, 4.69) is 11.9 Å². The lowest BCUT2D eigenvalue weighted by Gasteiger charge is -2.45. The van der Waals surface area contributed by atoms with Gasteiger partial charge in [0.15, 0.2) is 12.6 Å². The highest BCUT2D eigenvalue weighted by atomic mass is 16.8. The molecule has 0 unspecified atom stereocenters. The van der Waals surface area contributed by atoms with E-state index < -0.39 is 68.0 Å². The Bertz CT molecular complexity index is 640. The Hall–Kier alpha value is -1.27. The van der Waals surface area contributed by atoms with E-state index in [1.54, 1.807) is 0 Å². The van der Waals surface area contributed by atoms with Gasteiger partial charge in [0.2, 0.25) is 5.91 Å². The number of aliphatic hydroxyl groups is 6. The molecule has 14 nitrogen and oxygen atoms in total. The molecule has 2 aliphatic heterocycles. The van der Waals surface area contributed by atoms with Gasteiger partial charge in [-0.05, 0) is 13.0 Å². The molecule has 14 heteroatoms. The quantitative estimate of drug-likeness (QED) is 0.0878. The molecule has 0 aromatic rings. The zero-order valence-corrected chi connectivity index (χ0v) is 19.5. The van der Waals surface area contributed by atoms with E-state index in [9.17, 15) is 35.4 Å². The number of nitrogens with one attached hydrogen (secondary N) is 1. The first kappa shape index (κ1) is 30.0. The molecule has 0 saturated carbocycles. The van der Waals surface area contributed by atoms with Gasteiger partial charge >= 0.3 is 0 Å². The van der Waals surface area contributed by atoms with Gasteiger partial charge in [-0.1, -0.05) is 6.58 Å². The summed E-state index contributed by atoms with van der Waals surface area (Å²) in [6, 6.07) is 0. The van der Waals surface area contributed by atoms with E-state index in [4.69, 9.17) is 28.4 Å². The van der Waals surface area contributed by atoms with Gasteiger partial charge in [0.05, 0.1) is 45.7 Å². The van der Waals surface area contributed by atoms with E-state index in [0.717, 1.165) is 6.08 Å². The molecule has 7 N–H and O–H groups in total. The van der Waals surface area contributed by atoms with Crippen molar-refractivity contribution >= 4 is 5.91 Å². The van der Waals surface area contributed by atoms with Crippen molar-refractivity contribution in [1.29, 1.82) is 0 Å². The van der Waals surface area contributed by atoms with E-state index in [1.165, 1.54) is 6.92 Å². The van der Waals surface area contributed by atoms with E-state index >= 15 is 0 Å². The Morgan fingerprint density at radius 2 is 1.54 bits per heavy atom. The van der Waals surface area contributed by atoms with Crippen molar-refractivity contribution in [1.82, 2.24) is 5.32 Å². The molecule has 10 atom stereocenters. The van der Waals surface area contributed by atoms with Crippen molar-refractivity contribution in [2.45, 2.75) is 68.3 Å². The first-order chi connectivity index (χ1) is 16.7. The van der Waals surface area contributed by atoms with Gasteiger partial charge in [-0.25, -0.2) is 0 Å². The summed E-state index contributed by atoms with van der Waals surface area (Å²) in [6.07, 6.45) is -12.6. The number of ether oxygens (including phenoxy) is 6. The van der Waals surface area contributed by atoms with Crippen LogP contribution in [0.2, 0.25) is 0 Å². The van der Waals surface area contributed by atoms with E-state index in [1.807, 2.05) is 0 Å². The number of hydrogen-bond acceptors (Lipinski definition) is 13.